The molecule has 1 aromatic heterocycles. The highest BCUT2D eigenvalue weighted by Gasteiger charge is 2.23. The van der Waals surface area contributed by atoms with Crippen molar-refractivity contribution in [1.82, 2.24) is 19.7 Å². The van der Waals surface area contributed by atoms with Crippen molar-refractivity contribution >= 4 is 0 Å². The number of morpholine rings is 1. The van der Waals surface area contributed by atoms with Crippen molar-refractivity contribution in [2.75, 3.05) is 26.4 Å². The summed E-state index contributed by atoms with van der Waals surface area (Å²) in [6, 6.07) is 0.0748. The van der Waals surface area contributed by atoms with Crippen LogP contribution in [0.4, 0.5) is 0 Å². The summed E-state index contributed by atoms with van der Waals surface area (Å²) in [5.74, 6) is 1.83. The quantitative estimate of drug-likeness (QED) is 0.739. The van der Waals surface area contributed by atoms with E-state index >= 15 is 0 Å². The molecule has 0 radical (unpaired) electrons. The zero-order valence-electron chi connectivity index (χ0n) is 9.76. The zero-order chi connectivity index (χ0) is 11.5. The van der Waals surface area contributed by atoms with Crippen LogP contribution in [0.1, 0.15) is 11.6 Å². The maximum Gasteiger partial charge on any atom is 0.146 e. The molecular formula is C10H18N4O2. The SMILES string of the molecule is Cc1nnc(CN2CCOCC2CO)n1C. The first-order valence-corrected chi connectivity index (χ1v) is 5.50. The van der Waals surface area contributed by atoms with Crippen molar-refractivity contribution in [2.24, 2.45) is 7.05 Å². The fraction of sp³-hybridized carbons (Fsp3) is 0.800. The van der Waals surface area contributed by atoms with Gasteiger partial charge in [-0.1, -0.05) is 0 Å². The molecule has 0 saturated carbocycles. The fourth-order valence-corrected chi connectivity index (χ4v) is 1.84. The van der Waals surface area contributed by atoms with Crippen LogP contribution in [0.5, 0.6) is 0 Å². The van der Waals surface area contributed by atoms with Crippen LogP contribution in [-0.4, -0.2) is 57.2 Å². The highest BCUT2D eigenvalue weighted by molar-refractivity contribution is 4.93. The van der Waals surface area contributed by atoms with Crippen LogP contribution in [0.2, 0.25) is 0 Å². The van der Waals surface area contributed by atoms with Gasteiger partial charge < -0.3 is 14.4 Å². The molecule has 1 N–H and O–H groups in total. The predicted molar refractivity (Wildman–Crippen MR) is 57.8 cm³/mol. The molecule has 0 amide bonds. The van der Waals surface area contributed by atoms with Crippen molar-refractivity contribution in [3.8, 4) is 0 Å². The van der Waals surface area contributed by atoms with Gasteiger partial charge in [-0.15, -0.1) is 10.2 Å². The van der Waals surface area contributed by atoms with Gasteiger partial charge in [-0.2, -0.15) is 0 Å². The lowest BCUT2D eigenvalue weighted by Crippen LogP contribution is -2.47. The van der Waals surface area contributed by atoms with Crippen molar-refractivity contribution in [2.45, 2.75) is 19.5 Å². The maximum atomic E-state index is 9.25. The van der Waals surface area contributed by atoms with Gasteiger partial charge in [0.15, 0.2) is 0 Å². The summed E-state index contributed by atoms with van der Waals surface area (Å²) >= 11 is 0. The summed E-state index contributed by atoms with van der Waals surface area (Å²) < 4.78 is 7.31. The molecule has 1 aromatic rings. The third-order valence-electron chi connectivity index (χ3n) is 3.09. The number of hydrogen-bond donors (Lipinski definition) is 1. The Labute approximate surface area is 94.8 Å². The van der Waals surface area contributed by atoms with Crippen LogP contribution in [0.3, 0.4) is 0 Å². The van der Waals surface area contributed by atoms with E-state index in [9.17, 15) is 5.11 Å². The number of aliphatic hydroxyl groups is 1. The minimum Gasteiger partial charge on any atom is -0.395 e. The molecule has 0 aliphatic carbocycles. The topological polar surface area (TPSA) is 63.4 Å². The van der Waals surface area contributed by atoms with Gasteiger partial charge in [0.2, 0.25) is 0 Å². The van der Waals surface area contributed by atoms with Gasteiger partial charge in [-0.25, -0.2) is 0 Å². The smallest absolute Gasteiger partial charge is 0.146 e. The lowest BCUT2D eigenvalue weighted by Gasteiger charge is -2.33. The van der Waals surface area contributed by atoms with E-state index < -0.39 is 0 Å². The summed E-state index contributed by atoms with van der Waals surface area (Å²) in [6.45, 7) is 4.90. The number of aliphatic hydroxyl groups excluding tert-OH is 1. The number of aryl methyl sites for hydroxylation is 1. The summed E-state index contributed by atoms with van der Waals surface area (Å²) in [5, 5.41) is 17.4. The third kappa shape index (κ3) is 2.23. The van der Waals surface area contributed by atoms with E-state index in [4.69, 9.17) is 4.74 Å². The van der Waals surface area contributed by atoms with Gasteiger partial charge in [0.25, 0.3) is 0 Å². The molecule has 1 aliphatic heterocycles. The first kappa shape index (κ1) is 11.5. The number of ether oxygens (including phenoxy) is 1. The normalized spacial score (nSPS) is 22.6. The van der Waals surface area contributed by atoms with Crippen LogP contribution in [0, 0.1) is 6.92 Å². The second kappa shape index (κ2) is 4.90. The Morgan fingerprint density at radius 3 is 2.94 bits per heavy atom. The average molecular weight is 226 g/mol. The molecule has 1 aliphatic rings. The molecule has 1 atom stereocenters. The molecule has 1 unspecified atom stereocenters. The molecule has 1 saturated heterocycles. The molecule has 1 fully saturated rings. The van der Waals surface area contributed by atoms with E-state index in [2.05, 4.69) is 15.1 Å². The van der Waals surface area contributed by atoms with Crippen molar-refractivity contribution in [3.05, 3.63) is 11.6 Å². The zero-order valence-corrected chi connectivity index (χ0v) is 9.76. The van der Waals surface area contributed by atoms with Gasteiger partial charge in [0.05, 0.1) is 32.4 Å². The summed E-state index contributed by atoms with van der Waals surface area (Å²) in [6.07, 6.45) is 0. The van der Waals surface area contributed by atoms with Crippen molar-refractivity contribution in [3.63, 3.8) is 0 Å². The Balaban J connectivity index is 2.05. The van der Waals surface area contributed by atoms with E-state index in [1.165, 1.54) is 0 Å². The van der Waals surface area contributed by atoms with Crippen LogP contribution in [-0.2, 0) is 18.3 Å². The van der Waals surface area contributed by atoms with E-state index in [-0.39, 0.29) is 12.6 Å². The van der Waals surface area contributed by atoms with Gasteiger partial charge >= 0.3 is 0 Å². The van der Waals surface area contributed by atoms with E-state index in [1.54, 1.807) is 0 Å². The molecular weight excluding hydrogens is 208 g/mol. The number of nitrogens with zero attached hydrogens (tertiary/aromatic N) is 4. The highest BCUT2D eigenvalue weighted by atomic mass is 16.5. The molecule has 6 heteroatoms. The van der Waals surface area contributed by atoms with Crippen LogP contribution in [0.15, 0.2) is 0 Å². The lowest BCUT2D eigenvalue weighted by atomic mass is 10.2. The van der Waals surface area contributed by atoms with Gasteiger partial charge in [0.1, 0.15) is 11.6 Å². The second-order valence-electron chi connectivity index (χ2n) is 4.10. The maximum absolute atomic E-state index is 9.25. The van der Waals surface area contributed by atoms with Crippen LogP contribution < -0.4 is 0 Å². The Morgan fingerprint density at radius 2 is 2.31 bits per heavy atom. The number of rotatable bonds is 3. The van der Waals surface area contributed by atoms with E-state index in [1.807, 2.05) is 18.5 Å². The molecule has 2 heterocycles. The molecule has 2 rings (SSSR count). The van der Waals surface area contributed by atoms with Gasteiger partial charge in [-0.3, -0.25) is 4.90 Å². The van der Waals surface area contributed by atoms with Gasteiger partial charge in [-0.05, 0) is 6.92 Å². The average Bonchev–Trinajstić information content (AvgIpc) is 2.62. The molecule has 90 valence electrons. The van der Waals surface area contributed by atoms with Gasteiger partial charge in [0, 0.05) is 13.6 Å². The summed E-state index contributed by atoms with van der Waals surface area (Å²) in [5.41, 5.74) is 0. The minimum absolute atomic E-state index is 0.0748. The first-order valence-electron chi connectivity index (χ1n) is 5.50. The molecule has 0 aromatic carbocycles. The molecule has 0 spiro atoms. The number of aromatic nitrogens is 3. The first-order chi connectivity index (χ1) is 7.72. The predicted octanol–water partition coefficient (Wildman–Crippen LogP) is -0.683. The largest absolute Gasteiger partial charge is 0.395 e. The third-order valence-corrected chi connectivity index (χ3v) is 3.09. The minimum atomic E-state index is 0.0748. The molecule has 16 heavy (non-hydrogen) atoms. The summed E-state index contributed by atoms with van der Waals surface area (Å²) in [7, 11) is 1.96. The lowest BCUT2D eigenvalue weighted by molar-refractivity contribution is -0.0326. The Morgan fingerprint density at radius 1 is 1.50 bits per heavy atom. The highest BCUT2D eigenvalue weighted by Crippen LogP contribution is 2.10. The molecule has 0 bridgehead atoms. The number of hydrogen-bond acceptors (Lipinski definition) is 5. The van der Waals surface area contributed by atoms with Crippen LogP contribution in [0.25, 0.3) is 0 Å². The van der Waals surface area contributed by atoms with Crippen LogP contribution >= 0.6 is 0 Å². The Hall–Kier alpha value is -0.980. The van der Waals surface area contributed by atoms with Crippen molar-refractivity contribution < 1.29 is 9.84 Å². The monoisotopic (exact) mass is 226 g/mol. The Bertz CT molecular complexity index is 353. The van der Waals surface area contributed by atoms with Crippen molar-refractivity contribution in [1.29, 1.82) is 0 Å². The van der Waals surface area contributed by atoms with E-state index in [0.717, 1.165) is 18.2 Å². The Kier molecular flexibility index (Phi) is 3.52. The standard InChI is InChI=1S/C10H18N4O2/c1-8-11-12-10(13(8)2)5-14-3-4-16-7-9(14)6-15/h9,15H,3-7H2,1-2H3. The van der Waals surface area contributed by atoms with E-state index in [0.29, 0.717) is 19.8 Å². The summed E-state index contributed by atoms with van der Waals surface area (Å²) in [4.78, 5) is 2.19. The second-order valence-corrected chi connectivity index (χ2v) is 4.10. The fourth-order valence-electron chi connectivity index (χ4n) is 1.84. The molecule has 6 nitrogen and oxygen atoms in total.